The molecule has 0 radical (unpaired) electrons. The molecule has 4 aromatic rings. The third-order valence-corrected chi connectivity index (χ3v) is 11.1. The predicted octanol–water partition coefficient (Wildman–Crippen LogP) is 7.68. The number of nitrogens with zero attached hydrogens (tertiary/aromatic N) is 2. The van der Waals surface area contributed by atoms with Crippen molar-refractivity contribution in [2.24, 2.45) is 0 Å². The Morgan fingerprint density at radius 2 is 1.45 bits per heavy atom. The second-order valence-corrected chi connectivity index (χ2v) is 14.7. The van der Waals surface area contributed by atoms with Crippen molar-refractivity contribution in [3.8, 4) is 5.75 Å². The number of amides is 2. The highest BCUT2D eigenvalue weighted by molar-refractivity contribution is 7.92. The monoisotopic (exact) mass is 721 g/mol. The number of sulfonamides is 1. The maximum atomic E-state index is 14.8. The average Bonchev–Trinajstić information content (AvgIpc) is 3.11. The Balaban J connectivity index is 1.61. The summed E-state index contributed by atoms with van der Waals surface area (Å²) in [6.45, 7) is 1.33. The number of para-hydroxylation sites is 2. The zero-order valence-corrected chi connectivity index (χ0v) is 29.8. The quantitative estimate of drug-likeness (QED) is 0.144. The van der Waals surface area contributed by atoms with Gasteiger partial charge >= 0.3 is 0 Å². The summed E-state index contributed by atoms with van der Waals surface area (Å²) in [5.74, 6) is -0.630. The first kappa shape index (κ1) is 36.2. The van der Waals surface area contributed by atoms with Crippen LogP contribution < -0.4 is 14.4 Å². The number of carbonyl (C=O) groups excluding carboxylic acids is 2. The minimum atomic E-state index is -4.29. The molecule has 2 amide bonds. The van der Waals surface area contributed by atoms with Gasteiger partial charge in [0.15, 0.2) is 0 Å². The van der Waals surface area contributed by atoms with Gasteiger partial charge in [-0.05, 0) is 61.7 Å². The van der Waals surface area contributed by atoms with Crippen molar-refractivity contribution in [2.45, 2.75) is 69.0 Å². The Bertz CT molecular complexity index is 1800. The molecular formula is C38H41Cl2N3O5S. The molecule has 1 saturated carbocycles. The summed E-state index contributed by atoms with van der Waals surface area (Å²) in [5.41, 5.74) is 1.49. The maximum Gasteiger partial charge on any atom is 0.264 e. The summed E-state index contributed by atoms with van der Waals surface area (Å²) in [7, 11) is -4.29. The van der Waals surface area contributed by atoms with E-state index in [2.05, 4.69) is 5.32 Å². The standard InChI is InChI=1S/C38H41Cl2N3O5S/c1-2-48-36-24-13-12-23-34(36)43(49(46,47)30-19-10-5-11-20-30)27-37(44)42(26-31-32(39)21-14-22-33(31)40)35(25-28-15-6-3-7-16-28)38(45)41-29-17-8-4-9-18-29/h3,5-7,10-16,19-24,29,35H,2,4,8-9,17-18,25-27H2,1H3,(H,41,45). The first-order chi connectivity index (χ1) is 23.7. The number of carbonyl (C=O) groups is 2. The molecule has 0 spiro atoms. The summed E-state index contributed by atoms with van der Waals surface area (Å²) >= 11 is 13.3. The Hall–Kier alpha value is -4.05. The molecule has 8 nitrogen and oxygen atoms in total. The van der Waals surface area contributed by atoms with Gasteiger partial charge in [-0.3, -0.25) is 13.9 Å². The third kappa shape index (κ3) is 9.15. The summed E-state index contributed by atoms with van der Waals surface area (Å²) in [6.07, 6.45) is 5.03. The summed E-state index contributed by atoms with van der Waals surface area (Å²) in [5, 5.41) is 3.86. The molecule has 1 fully saturated rings. The van der Waals surface area contributed by atoms with E-state index in [1.807, 2.05) is 30.3 Å². The van der Waals surface area contributed by atoms with Gasteiger partial charge in [-0.1, -0.05) is 109 Å². The van der Waals surface area contributed by atoms with Gasteiger partial charge in [0, 0.05) is 34.6 Å². The van der Waals surface area contributed by atoms with E-state index < -0.39 is 28.5 Å². The molecule has 1 aliphatic rings. The van der Waals surface area contributed by atoms with E-state index in [1.54, 1.807) is 67.6 Å². The van der Waals surface area contributed by atoms with Crippen molar-refractivity contribution < 1.29 is 22.7 Å². The normalized spacial score (nSPS) is 14.1. The van der Waals surface area contributed by atoms with Crippen LogP contribution in [0.1, 0.15) is 50.2 Å². The van der Waals surface area contributed by atoms with Crippen molar-refractivity contribution in [1.82, 2.24) is 10.2 Å². The smallest absolute Gasteiger partial charge is 0.264 e. The van der Waals surface area contributed by atoms with Crippen LogP contribution in [0.4, 0.5) is 5.69 Å². The number of benzene rings is 4. The van der Waals surface area contributed by atoms with Gasteiger partial charge in [0.2, 0.25) is 11.8 Å². The van der Waals surface area contributed by atoms with Crippen LogP contribution in [0.3, 0.4) is 0 Å². The molecule has 258 valence electrons. The van der Waals surface area contributed by atoms with Crippen molar-refractivity contribution in [3.63, 3.8) is 0 Å². The molecule has 49 heavy (non-hydrogen) atoms. The van der Waals surface area contributed by atoms with Crippen LogP contribution in [-0.4, -0.2) is 50.4 Å². The van der Waals surface area contributed by atoms with E-state index in [0.717, 1.165) is 42.0 Å². The molecule has 0 aromatic heterocycles. The molecular weight excluding hydrogens is 681 g/mol. The molecule has 1 unspecified atom stereocenters. The Morgan fingerprint density at radius 3 is 2.10 bits per heavy atom. The highest BCUT2D eigenvalue weighted by Crippen LogP contribution is 2.34. The molecule has 0 bridgehead atoms. The van der Waals surface area contributed by atoms with Crippen LogP contribution in [0, 0.1) is 0 Å². The molecule has 0 heterocycles. The lowest BCUT2D eigenvalue weighted by Gasteiger charge is -2.35. The minimum absolute atomic E-state index is 0.00526. The summed E-state index contributed by atoms with van der Waals surface area (Å²) in [6, 6.07) is 28.1. The predicted molar refractivity (Wildman–Crippen MR) is 195 cm³/mol. The van der Waals surface area contributed by atoms with Crippen LogP contribution in [0.5, 0.6) is 5.75 Å². The lowest BCUT2D eigenvalue weighted by atomic mass is 9.94. The fraction of sp³-hybridized carbons (Fsp3) is 0.316. The van der Waals surface area contributed by atoms with Crippen molar-refractivity contribution in [1.29, 1.82) is 0 Å². The number of ether oxygens (including phenoxy) is 1. The van der Waals surface area contributed by atoms with Crippen molar-refractivity contribution in [3.05, 3.63) is 124 Å². The van der Waals surface area contributed by atoms with Gasteiger partial charge in [0.1, 0.15) is 18.3 Å². The Kier molecular flexibility index (Phi) is 12.6. The molecule has 1 aliphatic carbocycles. The van der Waals surface area contributed by atoms with Crippen LogP contribution in [0.15, 0.2) is 108 Å². The Morgan fingerprint density at radius 1 is 0.837 bits per heavy atom. The number of halogens is 2. The first-order valence-electron chi connectivity index (χ1n) is 16.5. The SMILES string of the molecule is CCOc1ccccc1N(CC(=O)N(Cc1c(Cl)cccc1Cl)C(Cc1ccccc1)C(=O)NC1CCCCC1)S(=O)(=O)c1ccccc1. The van der Waals surface area contributed by atoms with Gasteiger partial charge in [-0.2, -0.15) is 0 Å². The largest absolute Gasteiger partial charge is 0.492 e. The summed E-state index contributed by atoms with van der Waals surface area (Å²) in [4.78, 5) is 30.6. The van der Waals surface area contributed by atoms with Crippen LogP contribution >= 0.6 is 23.2 Å². The number of hydrogen-bond donors (Lipinski definition) is 1. The zero-order valence-electron chi connectivity index (χ0n) is 27.4. The number of nitrogens with one attached hydrogen (secondary N) is 1. The van der Waals surface area contributed by atoms with Crippen molar-refractivity contribution in [2.75, 3.05) is 17.5 Å². The minimum Gasteiger partial charge on any atom is -0.492 e. The first-order valence-corrected chi connectivity index (χ1v) is 18.7. The number of hydrogen-bond acceptors (Lipinski definition) is 5. The van der Waals surface area contributed by atoms with Crippen LogP contribution in [0.2, 0.25) is 10.0 Å². The van der Waals surface area contributed by atoms with E-state index in [1.165, 1.54) is 17.0 Å². The lowest BCUT2D eigenvalue weighted by Crippen LogP contribution is -2.55. The fourth-order valence-corrected chi connectivity index (χ4v) is 8.09. The number of anilines is 1. The number of rotatable bonds is 14. The van der Waals surface area contributed by atoms with E-state index in [0.29, 0.717) is 21.4 Å². The molecule has 5 rings (SSSR count). The van der Waals surface area contributed by atoms with E-state index in [-0.39, 0.29) is 42.1 Å². The van der Waals surface area contributed by atoms with Gasteiger partial charge in [0.05, 0.1) is 17.2 Å². The highest BCUT2D eigenvalue weighted by atomic mass is 35.5. The van der Waals surface area contributed by atoms with E-state index >= 15 is 0 Å². The van der Waals surface area contributed by atoms with Crippen LogP contribution in [-0.2, 0) is 32.6 Å². The lowest BCUT2D eigenvalue weighted by molar-refractivity contribution is -0.140. The van der Waals surface area contributed by atoms with Crippen molar-refractivity contribution >= 4 is 50.7 Å². The molecule has 0 saturated heterocycles. The second-order valence-electron chi connectivity index (χ2n) is 12.0. The molecule has 1 N–H and O–H groups in total. The topological polar surface area (TPSA) is 96.0 Å². The maximum absolute atomic E-state index is 14.8. The molecule has 11 heteroatoms. The van der Waals surface area contributed by atoms with Gasteiger partial charge < -0.3 is 15.0 Å². The van der Waals surface area contributed by atoms with E-state index in [9.17, 15) is 18.0 Å². The Labute approximate surface area is 299 Å². The molecule has 0 aliphatic heterocycles. The molecule has 4 aromatic carbocycles. The highest BCUT2D eigenvalue weighted by Gasteiger charge is 2.36. The summed E-state index contributed by atoms with van der Waals surface area (Å²) < 4.78 is 35.6. The zero-order chi connectivity index (χ0) is 34.8. The van der Waals surface area contributed by atoms with Gasteiger partial charge in [-0.15, -0.1) is 0 Å². The van der Waals surface area contributed by atoms with Gasteiger partial charge in [0.25, 0.3) is 10.0 Å². The molecule has 1 atom stereocenters. The fourth-order valence-electron chi connectivity index (χ4n) is 6.13. The van der Waals surface area contributed by atoms with Crippen LogP contribution in [0.25, 0.3) is 0 Å². The average molecular weight is 723 g/mol. The third-order valence-electron chi connectivity index (χ3n) is 8.66. The second kappa shape index (κ2) is 17.1. The van der Waals surface area contributed by atoms with E-state index in [4.69, 9.17) is 27.9 Å². The van der Waals surface area contributed by atoms with Gasteiger partial charge in [-0.25, -0.2) is 8.42 Å².